The van der Waals surface area contributed by atoms with E-state index in [2.05, 4.69) is 55.8 Å². The van der Waals surface area contributed by atoms with E-state index >= 15 is 0 Å². The summed E-state index contributed by atoms with van der Waals surface area (Å²) < 4.78 is 0. The number of likely N-dealkylation sites (N-methyl/N-ethyl adjacent to an activating group) is 1. The SMILES string of the molecule is CCN1CCN(Cc2ccccc2CN=C(N)N2CCN(c3nccs3)CC2)CC1.I. The number of rotatable bonds is 6. The van der Waals surface area contributed by atoms with Gasteiger partial charge in [-0.15, -0.1) is 35.3 Å². The van der Waals surface area contributed by atoms with Crippen molar-refractivity contribution >= 4 is 46.4 Å². The molecule has 0 unspecified atom stereocenters. The molecule has 0 aliphatic carbocycles. The zero-order valence-corrected chi connectivity index (χ0v) is 21.5. The summed E-state index contributed by atoms with van der Waals surface area (Å²) in [6.07, 6.45) is 1.86. The van der Waals surface area contributed by atoms with Crippen LogP contribution in [0, 0.1) is 0 Å². The molecule has 9 heteroatoms. The van der Waals surface area contributed by atoms with Gasteiger partial charge in [-0.25, -0.2) is 9.98 Å². The molecule has 1 aromatic heterocycles. The molecular weight excluding hydrogens is 521 g/mol. The zero-order valence-electron chi connectivity index (χ0n) is 18.3. The number of thiazole rings is 1. The highest BCUT2D eigenvalue weighted by Gasteiger charge is 2.20. The number of halogens is 1. The van der Waals surface area contributed by atoms with Gasteiger partial charge in [0.15, 0.2) is 11.1 Å². The van der Waals surface area contributed by atoms with Gasteiger partial charge in [-0.3, -0.25) is 4.90 Å². The van der Waals surface area contributed by atoms with E-state index in [9.17, 15) is 0 Å². The molecule has 0 bridgehead atoms. The van der Waals surface area contributed by atoms with Crippen molar-refractivity contribution in [3.63, 3.8) is 0 Å². The summed E-state index contributed by atoms with van der Waals surface area (Å²) in [4.78, 5) is 18.7. The number of benzene rings is 1. The van der Waals surface area contributed by atoms with E-state index in [4.69, 9.17) is 10.7 Å². The van der Waals surface area contributed by atoms with Crippen molar-refractivity contribution in [1.29, 1.82) is 0 Å². The molecule has 2 aromatic rings. The molecule has 0 atom stereocenters. The molecule has 0 radical (unpaired) electrons. The minimum absolute atomic E-state index is 0. The number of hydrogen-bond acceptors (Lipinski definition) is 6. The predicted molar refractivity (Wildman–Crippen MR) is 140 cm³/mol. The topological polar surface area (TPSA) is 64.2 Å². The van der Waals surface area contributed by atoms with E-state index in [1.807, 2.05) is 11.6 Å². The van der Waals surface area contributed by atoms with E-state index in [1.54, 1.807) is 11.3 Å². The Kier molecular flexibility index (Phi) is 9.36. The molecule has 3 heterocycles. The molecule has 4 rings (SSSR count). The zero-order chi connectivity index (χ0) is 20.8. The molecule has 2 aliphatic heterocycles. The monoisotopic (exact) mass is 555 g/mol. The number of guanidine groups is 1. The molecule has 2 N–H and O–H groups in total. The van der Waals surface area contributed by atoms with Crippen molar-refractivity contribution < 1.29 is 0 Å². The summed E-state index contributed by atoms with van der Waals surface area (Å²) in [5, 5.41) is 3.12. The van der Waals surface area contributed by atoms with Crippen molar-refractivity contribution in [3.8, 4) is 0 Å². The van der Waals surface area contributed by atoms with Crippen LogP contribution in [-0.2, 0) is 13.1 Å². The van der Waals surface area contributed by atoms with Crippen molar-refractivity contribution in [3.05, 3.63) is 47.0 Å². The normalized spacial score (nSPS) is 18.8. The van der Waals surface area contributed by atoms with E-state index < -0.39 is 0 Å². The van der Waals surface area contributed by atoms with Crippen LogP contribution >= 0.6 is 35.3 Å². The van der Waals surface area contributed by atoms with Gasteiger partial charge in [-0.05, 0) is 17.7 Å². The van der Waals surface area contributed by atoms with E-state index in [-0.39, 0.29) is 24.0 Å². The molecule has 2 fully saturated rings. The number of nitrogens with two attached hydrogens (primary N) is 1. The van der Waals surface area contributed by atoms with Crippen LogP contribution in [0.4, 0.5) is 5.13 Å². The third-order valence-corrected chi connectivity index (χ3v) is 6.96. The van der Waals surface area contributed by atoms with Gasteiger partial charge >= 0.3 is 0 Å². The van der Waals surface area contributed by atoms with Crippen molar-refractivity contribution in [2.24, 2.45) is 10.7 Å². The lowest BCUT2D eigenvalue weighted by Crippen LogP contribution is -2.51. The highest BCUT2D eigenvalue weighted by molar-refractivity contribution is 14.0. The molecule has 1 aromatic carbocycles. The molecule has 0 saturated carbocycles. The van der Waals surface area contributed by atoms with Crippen molar-refractivity contribution in [2.45, 2.75) is 20.0 Å². The van der Waals surface area contributed by atoms with Crippen LogP contribution in [0.3, 0.4) is 0 Å². The Labute approximate surface area is 206 Å². The van der Waals surface area contributed by atoms with Crippen LogP contribution in [0.15, 0.2) is 40.8 Å². The summed E-state index contributed by atoms with van der Waals surface area (Å²) in [5.74, 6) is 0.653. The second-order valence-electron chi connectivity index (χ2n) is 7.94. The summed E-state index contributed by atoms with van der Waals surface area (Å²) >= 11 is 1.69. The van der Waals surface area contributed by atoms with Gasteiger partial charge in [0.1, 0.15) is 0 Å². The average molecular weight is 556 g/mol. The largest absolute Gasteiger partial charge is 0.370 e. The first kappa shape index (κ1) is 24.2. The fraction of sp³-hybridized carbons (Fsp3) is 0.545. The second-order valence-corrected chi connectivity index (χ2v) is 8.82. The Bertz CT molecular complexity index is 813. The van der Waals surface area contributed by atoms with Gasteiger partial charge in [0.25, 0.3) is 0 Å². The van der Waals surface area contributed by atoms with E-state index in [1.165, 1.54) is 11.1 Å². The number of hydrogen-bond donors (Lipinski definition) is 1. The van der Waals surface area contributed by atoms with Crippen molar-refractivity contribution in [1.82, 2.24) is 19.7 Å². The minimum atomic E-state index is 0. The third-order valence-electron chi connectivity index (χ3n) is 6.13. The number of aliphatic imine (C=N–C) groups is 1. The highest BCUT2D eigenvalue weighted by Crippen LogP contribution is 2.19. The fourth-order valence-electron chi connectivity index (χ4n) is 4.14. The molecular formula is C22H34IN7S. The van der Waals surface area contributed by atoms with Gasteiger partial charge in [0.2, 0.25) is 0 Å². The van der Waals surface area contributed by atoms with Gasteiger partial charge in [0.05, 0.1) is 6.54 Å². The predicted octanol–water partition coefficient (Wildman–Crippen LogP) is 2.54. The fourth-order valence-corrected chi connectivity index (χ4v) is 4.83. The smallest absolute Gasteiger partial charge is 0.191 e. The summed E-state index contributed by atoms with van der Waals surface area (Å²) in [7, 11) is 0. The minimum Gasteiger partial charge on any atom is -0.370 e. The molecule has 170 valence electrons. The number of aromatic nitrogens is 1. The first-order chi connectivity index (χ1) is 14.7. The van der Waals surface area contributed by atoms with Crippen molar-refractivity contribution in [2.75, 3.05) is 63.8 Å². The first-order valence-electron chi connectivity index (χ1n) is 10.9. The lowest BCUT2D eigenvalue weighted by molar-refractivity contribution is 0.131. The maximum Gasteiger partial charge on any atom is 0.191 e. The second kappa shape index (κ2) is 12.0. The summed E-state index contributed by atoms with van der Waals surface area (Å²) in [6, 6.07) is 8.66. The maximum atomic E-state index is 6.35. The molecule has 2 saturated heterocycles. The van der Waals surface area contributed by atoms with Crippen LogP contribution in [0.2, 0.25) is 0 Å². The Hall–Kier alpha value is -1.43. The first-order valence-corrected chi connectivity index (χ1v) is 11.8. The summed E-state index contributed by atoms with van der Waals surface area (Å²) in [6.45, 7) is 13.3. The van der Waals surface area contributed by atoms with Gasteiger partial charge in [-0.1, -0.05) is 31.2 Å². The molecule has 0 spiro atoms. The van der Waals surface area contributed by atoms with E-state index in [0.29, 0.717) is 12.5 Å². The Balaban J connectivity index is 0.00000272. The van der Waals surface area contributed by atoms with Crippen LogP contribution in [0.25, 0.3) is 0 Å². The van der Waals surface area contributed by atoms with Crippen LogP contribution in [0.1, 0.15) is 18.1 Å². The lowest BCUT2D eigenvalue weighted by Gasteiger charge is -2.35. The van der Waals surface area contributed by atoms with Gasteiger partial charge < -0.3 is 20.4 Å². The van der Waals surface area contributed by atoms with Crippen LogP contribution in [-0.4, -0.2) is 84.5 Å². The lowest BCUT2D eigenvalue weighted by atomic mass is 10.1. The van der Waals surface area contributed by atoms with E-state index in [0.717, 1.165) is 70.6 Å². The molecule has 2 aliphatic rings. The number of piperazine rings is 2. The Morgan fingerprint density at radius 3 is 2.32 bits per heavy atom. The highest BCUT2D eigenvalue weighted by atomic mass is 127. The Morgan fingerprint density at radius 2 is 1.68 bits per heavy atom. The van der Waals surface area contributed by atoms with Crippen LogP contribution < -0.4 is 10.6 Å². The maximum absolute atomic E-state index is 6.35. The quantitative estimate of drug-likeness (QED) is 0.336. The molecule has 31 heavy (non-hydrogen) atoms. The number of anilines is 1. The average Bonchev–Trinajstić information content (AvgIpc) is 3.34. The Morgan fingerprint density at radius 1 is 1.00 bits per heavy atom. The third kappa shape index (κ3) is 6.53. The molecule has 0 amide bonds. The summed E-state index contributed by atoms with van der Waals surface area (Å²) in [5.41, 5.74) is 9.00. The van der Waals surface area contributed by atoms with Gasteiger partial charge in [0, 0.05) is 70.5 Å². The van der Waals surface area contributed by atoms with Gasteiger partial charge in [-0.2, -0.15) is 0 Å². The number of nitrogens with zero attached hydrogens (tertiary/aromatic N) is 6. The standard InChI is InChI=1S/C22H33N7S.HI/c1-2-26-8-10-27(11-9-26)18-20-6-4-3-5-19(20)17-25-21(23)28-12-14-29(15-13-28)22-24-7-16-30-22;/h3-7,16H,2,8-15,17-18H2,1H3,(H2,23,25);1H. The molecule has 7 nitrogen and oxygen atoms in total. The van der Waals surface area contributed by atoms with Crippen LogP contribution in [0.5, 0.6) is 0 Å².